The van der Waals surface area contributed by atoms with E-state index in [4.69, 9.17) is 5.11 Å². The van der Waals surface area contributed by atoms with Crippen molar-refractivity contribution in [1.29, 1.82) is 5.26 Å². The standard InChI is InChI=1S/C20H25FN4O3/c21-17-6-3-4-7-18(17)25-12-10-24(11-13-25)15-16(14-22)20(28)23-9-5-1-2-8-19(26)27/h3-4,6-7,15H,1-2,5,8-13H2,(H,23,28)(H,26,27)/b16-15-. The van der Waals surface area contributed by atoms with Crippen molar-refractivity contribution in [2.75, 3.05) is 37.6 Å². The van der Waals surface area contributed by atoms with Crippen molar-refractivity contribution in [3.05, 3.63) is 41.9 Å². The molecule has 150 valence electrons. The Balaban J connectivity index is 1.78. The monoisotopic (exact) mass is 388 g/mol. The molecular formula is C20H25FN4O3. The van der Waals surface area contributed by atoms with Crippen LogP contribution in [0.4, 0.5) is 10.1 Å². The number of carbonyl (C=O) groups excluding carboxylic acids is 1. The van der Waals surface area contributed by atoms with Gasteiger partial charge in [-0.15, -0.1) is 0 Å². The van der Waals surface area contributed by atoms with Crippen LogP contribution in [0.3, 0.4) is 0 Å². The number of anilines is 1. The summed E-state index contributed by atoms with van der Waals surface area (Å²) in [6.07, 6.45) is 3.61. The number of carboxylic acid groups (broad SMARTS) is 1. The Morgan fingerprint density at radius 1 is 1.18 bits per heavy atom. The fraction of sp³-hybridized carbons (Fsp3) is 0.450. The van der Waals surface area contributed by atoms with Crippen LogP contribution < -0.4 is 10.2 Å². The number of nitrogens with one attached hydrogen (secondary N) is 1. The molecule has 1 aromatic carbocycles. The van der Waals surface area contributed by atoms with Crippen molar-refractivity contribution >= 4 is 17.6 Å². The van der Waals surface area contributed by atoms with Gasteiger partial charge in [0, 0.05) is 45.3 Å². The van der Waals surface area contributed by atoms with Crippen molar-refractivity contribution in [2.45, 2.75) is 25.7 Å². The summed E-state index contributed by atoms with van der Waals surface area (Å²) in [6.45, 7) is 2.77. The van der Waals surface area contributed by atoms with Gasteiger partial charge in [-0.2, -0.15) is 5.26 Å². The molecule has 0 bridgehead atoms. The molecule has 8 heteroatoms. The van der Waals surface area contributed by atoms with Gasteiger partial charge in [0.15, 0.2) is 0 Å². The summed E-state index contributed by atoms with van der Waals surface area (Å²) >= 11 is 0. The maximum absolute atomic E-state index is 13.9. The van der Waals surface area contributed by atoms with E-state index in [1.54, 1.807) is 24.4 Å². The summed E-state index contributed by atoms with van der Waals surface area (Å²) in [4.78, 5) is 26.4. The highest BCUT2D eigenvalue weighted by Gasteiger charge is 2.19. The lowest BCUT2D eigenvalue weighted by Crippen LogP contribution is -2.44. The van der Waals surface area contributed by atoms with Gasteiger partial charge < -0.3 is 20.2 Å². The average Bonchev–Trinajstić information content (AvgIpc) is 2.69. The van der Waals surface area contributed by atoms with Crippen molar-refractivity contribution in [1.82, 2.24) is 10.2 Å². The highest BCUT2D eigenvalue weighted by Crippen LogP contribution is 2.20. The van der Waals surface area contributed by atoms with Crippen LogP contribution >= 0.6 is 0 Å². The summed E-state index contributed by atoms with van der Waals surface area (Å²) in [5.74, 6) is -1.52. The number of unbranched alkanes of at least 4 members (excludes halogenated alkanes) is 2. The van der Waals surface area contributed by atoms with Crippen LogP contribution in [0.2, 0.25) is 0 Å². The highest BCUT2D eigenvalue weighted by atomic mass is 19.1. The van der Waals surface area contributed by atoms with Gasteiger partial charge in [0.2, 0.25) is 0 Å². The van der Waals surface area contributed by atoms with Crippen LogP contribution in [-0.4, -0.2) is 54.6 Å². The molecule has 2 rings (SSSR count). The van der Waals surface area contributed by atoms with E-state index in [1.165, 1.54) is 6.07 Å². The molecule has 0 saturated carbocycles. The lowest BCUT2D eigenvalue weighted by atomic mass is 10.2. The fourth-order valence-electron chi connectivity index (χ4n) is 3.00. The van der Waals surface area contributed by atoms with Crippen LogP contribution in [0, 0.1) is 17.1 Å². The van der Waals surface area contributed by atoms with E-state index in [2.05, 4.69) is 5.32 Å². The second kappa shape index (κ2) is 10.9. The number of piperazine rings is 1. The van der Waals surface area contributed by atoms with Gasteiger partial charge in [0.05, 0.1) is 5.69 Å². The summed E-state index contributed by atoms with van der Waals surface area (Å²) in [6, 6.07) is 8.55. The molecule has 2 N–H and O–H groups in total. The van der Waals surface area contributed by atoms with E-state index in [0.717, 1.165) is 0 Å². The number of amides is 1. The minimum atomic E-state index is -0.825. The van der Waals surface area contributed by atoms with Crippen molar-refractivity contribution in [3.63, 3.8) is 0 Å². The number of nitriles is 1. The number of rotatable bonds is 9. The number of carbonyl (C=O) groups is 2. The van der Waals surface area contributed by atoms with E-state index < -0.39 is 11.9 Å². The van der Waals surface area contributed by atoms with Crippen molar-refractivity contribution in [3.8, 4) is 6.07 Å². The third-order valence-corrected chi connectivity index (χ3v) is 4.54. The predicted molar refractivity (Wildman–Crippen MR) is 103 cm³/mol. The third kappa shape index (κ3) is 6.58. The number of benzene rings is 1. The molecule has 1 saturated heterocycles. The Hall–Kier alpha value is -3.08. The van der Waals surface area contributed by atoms with Gasteiger partial charge in [-0.25, -0.2) is 4.39 Å². The van der Waals surface area contributed by atoms with E-state index in [9.17, 15) is 19.2 Å². The predicted octanol–water partition coefficient (Wildman–Crippen LogP) is 2.12. The first-order valence-electron chi connectivity index (χ1n) is 9.36. The summed E-state index contributed by atoms with van der Waals surface area (Å²) in [5, 5.41) is 20.5. The molecule has 0 aromatic heterocycles. The van der Waals surface area contributed by atoms with Crippen LogP contribution in [0.1, 0.15) is 25.7 Å². The first-order valence-corrected chi connectivity index (χ1v) is 9.36. The number of nitrogens with zero attached hydrogens (tertiary/aromatic N) is 3. The number of hydrogen-bond acceptors (Lipinski definition) is 5. The SMILES string of the molecule is N#C/C(=C/N1CCN(c2ccccc2F)CC1)C(=O)NCCCCCC(=O)O. The molecule has 1 amide bonds. The minimum absolute atomic E-state index is 0.0323. The highest BCUT2D eigenvalue weighted by molar-refractivity contribution is 5.97. The molecule has 0 spiro atoms. The van der Waals surface area contributed by atoms with Crippen LogP contribution in [-0.2, 0) is 9.59 Å². The molecule has 1 heterocycles. The van der Waals surface area contributed by atoms with Gasteiger partial charge in [-0.3, -0.25) is 9.59 Å². The molecule has 1 aromatic rings. The average molecular weight is 388 g/mol. The Morgan fingerprint density at radius 2 is 1.89 bits per heavy atom. The normalized spacial score (nSPS) is 14.5. The Bertz CT molecular complexity index is 752. The van der Waals surface area contributed by atoms with E-state index in [-0.39, 0.29) is 17.8 Å². The lowest BCUT2D eigenvalue weighted by molar-refractivity contribution is -0.137. The number of para-hydroxylation sites is 1. The van der Waals surface area contributed by atoms with Gasteiger partial charge in [0.25, 0.3) is 5.91 Å². The molecule has 1 fully saturated rings. The summed E-state index contributed by atoms with van der Waals surface area (Å²) in [7, 11) is 0. The maximum atomic E-state index is 13.9. The zero-order valence-electron chi connectivity index (χ0n) is 15.7. The van der Waals surface area contributed by atoms with Gasteiger partial charge in [-0.1, -0.05) is 18.6 Å². The quantitative estimate of drug-likeness (QED) is 0.382. The molecular weight excluding hydrogens is 363 g/mol. The third-order valence-electron chi connectivity index (χ3n) is 4.54. The molecule has 1 aliphatic heterocycles. The molecule has 7 nitrogen and oxygen atoms in total. The first kappa shape index (κ1) is 21.2. The molecule has 1 aliphatic rings. The minimum Gasteiger partial charge on any atom is -0.481 e. The Morgan fingerprint density at radius 3 is 2.54 bits per heavy atom. The molecule has 0 atom stereocenters. The first-order chi connectivity index (χ1) is 13.5. The van der Waals surface area contributed by atoms with Crippen molar-refractivity contribution in [2.24, 2.45) is 0 Å². The van der Waals surface area contributed by atoms with Gasteiger partial charge >= 0.3 is 5.97 Å². The largest absolute Gasteiger partial charge is 0.481 e. The van der Waals surface area contributed by atoms with Gasteiger partial charge in [0.1, 0.15) is 17.5 Å². The maximum Gasteiger partial charge on any atom is 0.303 e. The van der Waals surface area contributed by atoms with Crippen LogP contribution in [0.25, 0.3) is 0 Å². The molecule has 0 radical (unpaired) electrons. The van der Waals surface area contributed by atoms with Crippen LogP contribution in [0.5, 0.6) is 0 Å². The van der Waals surface area contributed by atoms with E-state index in [0.29, 0.717) is 57.7 Å². The lowest BCUT2D eigenvalue weighted by Gasteiger charge is -2.35. The number of carboxylic acids is 1. The number of aliphatic carboxylic acids is 1. The zero-order valence-corrected chi connectivity index (χ0v) is 15.7. The topological polar surface area (TPSA) is 96.7 Å². The Kier molecular flexibility index (Phi) is 8.28. The zero-order chi connectivity index (χ0) is 20.4. The van der Waals surface area contributed by atoms with Gasteiger partial charge in [-0.05, 0) is 25.0 Å². The number of hydrogen-bond donors (Lipinski definition) is 2. The van der Waals surface area contributed by atoms with Crippen LogP contribution in [0.15, 0.2) is 36.0 Å². The van der Waals surface area contributed by atoms with E-state index >= 15 is 0 Å². The molecule has 0 aliphatic carbocycles. The second-order valence-electron chi connectivity index (χ2n) is 6.59. The second-order valence-corrected chi connectivity index (χ2v) is 6.59. The molecule has 0 unspecified atom stereocenters. The van der Waals surface area contributed by atoms with Crippen molar-refractivity contribution < 1.29 is 19.1 Å². The molecule has 28 heavy (non-hydrogen) atoms. The smallest absolute Gasteiger partial charge is 0.303 e. The summed E-state index contributed by atoms with van der Waals surface area (Å²) < 4.78 is 13.9. The Labute approximate surface area is 164 Å². The van der Waals surface area contributed by atoms with E-state index in [1.807, 2.05) is 15.9 Å². The fourth-order valence-corrected chi connectivity index (χ4v) is 3.00. The number of halogens is 1. The summed E-state index contributed by atoms with van der Waals surface area (Å²) in [5.41, 5.74) is 0.595.